The first-order valence-corrected chi connectivity index (χ1v) is 6.54. The first-order valence-electron chi connectivity index (χ1n) is 6.54. The fourth-order valence-corrected chi connectivity index (χ4v) is 1.57. The van der Waals surface area contributed by atoms with E-state index in [4.69, 9.17) is 4.74 Å². The van der Waals surface area contributed by atoms with E-state index >= 15 is 0 Å². The molecule has 1 heterocycles. The number of aryl methyl sites for hydroxylation is 1. The number of esters is 1. The number of carbonyl (C=O) groups is 2. The highest BCUT2D eigenvalue weighted by Crippen LogP contribution is 1.98. The summed E-state index contributed by atoms with van der Waals surface area (Å²) < 4.78 is 4.79. The monoisotopic (exact) mass is 264 g/mol. The standard InChI is InChI=1S/C14H20N2O3/c1-2-19-14(18)7-5-11-16-13(17)9-8-12-6-3-4-10-15-12/h3-4,6,10H,2,5,7-9,11H2,1H3,(H,16,17). The Hall–Kier alpha value is -1.91. The van der Waals surface area contributed by atoms with E-state index in [1.165, 1.54) is 0 Å². The van der Waals surface area contributed by atoms with Crippen molar-refractivity contribution < 1.29 is 14.3 Å². The van der Waals surface area contributed by atoms with Gasteiger partial charge in [-0.15, -0.1) is 0 Å². The van der Waals surface area contributed by atoms with Crippen molar-refractivity contribution in [2.75, 3.05) is 13.2 Å². The molecular formula is C14H20N2O3. The third-order valence-electron chi connectivity index (χ3n) is 2.52. The molecule has 0 aromatic carbocycles. The number of carbonyl (C=O) groups excluding carboxylic acids is 2. The lowest BCUT2D eigenvalue weighted by Gasteiger charge is -2.05. The molecule has 19 heavy (non-hydrogen) atoms. The van der Waals surface area contributed by atoms with Gasteiger partial charge in [-0.2, -0.15) is 0 Å². The van der Waals surface area contributed by atoms with E-state index in [0.717, 1.165) is 5.69 Å². The molecular weight excluding hydrogens is 244 g/mol. The minimum absolute atomic E-state index is 0.0190. The average Bonchev–Trinajstić information content (AvgIpc) is 2.43. The predicted octanol–water partition coefficient (Wildman–Crippen LogP) is 1.47. The van der Waals surface area contributed by atoms with Crippen LogP contribution in [-0.2, 0) is 20.7 Å². The summed E-state index contributed by atoms with van der Waals surface area (Å²) >= 11 is 0. The largest absolute Gasteiger partial charge is 0.466 e. The molecule has 1 aromatic heterocycles. The van der Waals surface area contributed by atoms with Crippen molar-refractivity contribution in [3.8, 4) is 0 Å². The molecule has 1 aromatic rings. The van der Waals surface area contributed by atoms with Gasteiger partial charge in [0.25, 0.3) is 0 Å². The van der Waals surface area contributed by atoms with Gasteiger partial charge in [0.05, 0.1) is 6.61 Å². The molecule has 0 aliphatic heterocycles. The van der Waals surface area contributed by atoms with Crippen molar-refractivity contribution in [1.29, 1.82) is 0 Å². The fraction of sp³-hybridized carbons (Fsp3) is 0.500. The lowest BCUT2D eigenvalue weighted by atomic mass is 10.2. The second-order valence-electron chi connectivity index (χ2n) is 4.08. The predicted molar refractivity (Wildman–Crippen MR) is 71.4 cm³/mol. The van der Waals surface area contributed by atoms with Crippen molar-refractivity contribution in [2.45, 2.75) is 32.6 Å². The van der Waals surface area contributed by atoms with Crippen LogP contribution >= 0.6 is 0 Å². The van der Waals surface area contributed by atoms with Gasteiger partial charge >= 0.3 is 5.97 Å². The Morgan fingerprint density at radius 2 is 2.16 bits per heavy atom. The maximum atomic E-state index is 11.5. The Morgan fingerprint density at radius 1 is 1.32 bits per heavy atom. The number of ether oxygens (including phenoxy) is 1. The third-order valence-corrected chi connectivity index (χ3v) is 2.52. The van der Waals surface area contributed by atoms with Gasteiger partial charge in [-0.1, -0.05) is 6.07 Å². The minimum atomic E-state index is -0.217. The van der Waals surface area contributed by atoms with Crippen LogP contribution in [0, 0.1) is 0 Å². The second-order valence-corrected chi connectivity index (χ2v) is 4.08. The van der Waals surface area contributed by atoms with Crippen molar-refractivity contribution in [3.63, 3.8) is 0 Å². The van der Waals surface area contributed by atoms with Crippen LogP contribution in [0.3, 0.4) is 0 Å². The lowest BCUT2D eigenvalue weighted by molar-refractivity contribution is -0.143. The normalized spacial score (nSPS) is 9.95. The number of rotatable bonds is 8. The van der Waals surface area contributed by atoms with Gasteiger partial charge in [-0.05, 0) is 31.9 Å². The third kappa shape index (κ3) is 7.18. The molecule has 0 spiro atoms. The molecule has 0 radical (unpaired) electrons. The SMILES string of the molecule is CCOC(=O)CCCNC(=O)CCc1ccccn1. The lowest BCUT2D eigenvalue weighted by Crippen LogP contribution is -2.25. The van der Waals surface area contributed by atoms with Gasteiger partial charge in [0.15, 0.2) is 0 Å². The zero-order chi connectivity index (χ0) is 13.9. The molecule has 1 N–H and O–H groups in total. The average molecular weight is 264 g/mol. The first kappa shape index (κ1) is 15.1. The van der Waals surface area contributed by atoms with Crippen LogP contribution in [0.4, 0.5) is 0 Å². The summed E-state index contributed by atoms with van der Waals surface area (Å²) in [6.45, 7) is 2.67. The van der Waals surface area contributed by atoms with Gasteiger partial charge in [0, 0.05) is 31.3 Å². The van der Waals surface area contributed by atoms with Crippen LogP contribution in [-0.4, -0.2) is 30.0 Å². The number of pyridine rings is 1. The topological polar surface area (TPSA) is 68.3 Å². The summed E-state index contributed by atoms with van der Waals surface area (Å²) in [5, 5.41) is 2.78. The molecule has 5 nitrogen and oxygen atoms in total. The number of nitrogens with one attached hydrogen (secondary N) is 1. The molecule has 0 fully saturated rings. The van der Waals surface area contributed by atoms with Crippen molar-refractivity contribution >= 4 is 11.9 Å². The summed E-state index contributed by atoms with van der Waals surface area (Å²) in [7, 11) is 0. The van der Waals surface area contributed by atoms with Crippen LogP contribution in [0.2, 0.25) is 0 Å². The van der Waals surface area contributed by atoms with Gasteiger partial charge in [0.1, 0.15) is 0 Å². The van der Waals surface area contributed by atoms with E-state index < -0.39 is 0 Å². The van der Waals surface area contributed by atoms with E-state index in [9.17, 15) is 9.59 Å². The molecule has 0 aliphatic rings. The van der Waals surface area contributed by atoms with Crippen LogP contribution in [0.1, 0.15) is 31.9 Å². The zero-order valence-electron chi connectivity index (χ0n) is 11.2. The summed E-state index contributed by atoms with van der Waals surface area (Å²) in [6, 6.07) is 5.65. The minimum Gasteiger partial charge on any atom is -0.466 e. The van der Waals surface area contributed by atoms with Gasteiger partial charge in [-0.25, -0.2) is 0 Å². The molecule has 0 unspecified atom stereocenters. The van der Waals surface area contributed by atoms with Crippen LogP contribution < -0.4 is 5.32 Å². The first-order chi connectivity index (χ1) is 9.22. The Morgan fingerprint density at radius 3 is 2.84 bits per heavy atom. The highest BCUT2D eigenvalue weighted by atomic mass is 16.5. The molecule has 0 saturated heterocycles. The highest BCUT2D eigenvalue weighted by molar-refractivity contribution is 5.76. The van der Waals surface area contributed by atoms with Gasteiger partial charge < -0.3 is 10.1 Å². The molecule has 0 saturated carbocycles. The Balaban J connectivity index is 2.07. The summed E-state index contributed by atoms with van der Waals surface area (Å²) in [4.78, 5) is 26.7. The summed E-state index contributed by atoms with van der Waals surface area (Å²) in [6.07, 6.45) is 3.70. The number of hydrogen-bond acceptors (Lipinski definition) is 4. The Bertz CT molecular complexity index is 393. The quantitative estimate of drug-likeness (QED) is 0.570. The maximum absolute atomic E-state index is 11.5. The smallest absolute Gasteiger partial charge is 0.305 e. The number of hydrogen-bond donors (Lipinski definition) is 1. The molecule has 1 amide bonds. The second kappa shape index (κ2) is 9.08. The molecule has 5 heteroatoms. The van der Waals surface area contributed by atoms with E-state index in [2.05, 4.69) is 10.3 Å². The van der Waals surface area contributed by atoms with E-state index in [1.54, 1.807) is 13.1 Å². The Labute approximate surface area is 113 Å². The summed E-state index contributed by atoms with van der Waals surface area (Å²) in [5.41, 5.74) is 0.907. The van der Waals surface area contributed by atoms with Crippen molar-refractivity contribution in [2.24, 2.45) is 0 Å². The zero-order valence-corrected chi connectivity index (χ0v) is 11.2. The van der Waals surface area contributed by atoms with E-state index in [0.29, 0.717) is 38.8 Å². The molecule has 0 atom stereocenters. The Kier molecular flexibility index (Phi) is 7.24. The summed E-state index contributed by atoms with van der Waals surface area (Å²) in [5.74, 6) is -0.236. The molecule has 0 aliphatic carbocycles. The van der Waals surface area contributed by atoms with Crippen LogP contribution in [0.25, 0.3) is 0 Å². The highest BCUT2D eigenvalue weighted by Gasteiger charge is 2.04. The van der Waals surface area contributed by atoms with Crippen LogP contribution in [0.15, 0.2) is 24.4 Å². The molecule has 1 rings (SSSR count). The van der Waals surface area contributed by atoms with E-state index in [1.807, 2.05) is 18.2 Å². The van der Waals surface area contributed by atoms with Crippen molar-refractivity contribution in [1.82, 2.24) is 10.3 Å². The van der Waals surface area contributed by atoms with Gasteiger partial charge in [0.2, 0.25) is 5.91 Å². The molecule has 0 bridgehead atoms. The number of nitrogens with zero attached hydrogens (tertiary/aromatic N) is 1. The number of amides is 1. The molecule has 104 valence electrons. The van der Waals surface area contributed by atoms with Crippen LogP contribution in [0.5, 0.6) is 0 Å². The number of aromatic nitrogens is 1. The van der Waals surface area contributed by atoms with E-state index in [-0.39, 0.29) is 11.9 Å². The maximum Gasteiger partial charge on any atom is 0.305 e. The fourth-order valence-electron chi connectivity index (χ4n) is 1.57. The van der Waals surface area contributed by atoms with Crippen molar-refractivity contribution in [3.05, 3.63) is 30.1 Å². The van der Waals surface area contributed by atoms with Gasteiger partial charge in [-0.3, -0.25) is 14.6 Å².